The van der Waals surface area contributed by atoms with Crippen LogP contribution in [0.25, 0.3) is 0 Å². The number of hydrogen-bond acceptors (Lipinski definition) is 0. The van der Waals surface area contributed by atoms with Gasteiger partial charge in [0.1, 0.15) is 0 Å². The maximum absolute atomic E-state index is 3.70. The van der Waals surface area contributed by atoms with Crippen molar-refractivity contribution in [3.8, 4) is 0 Å². The summed E-state index contributed by atoms with van der Waals surface area (Å²) in [4.78, 5) is 0. The lowest BCUT2D eigenvalue weighted by molar-refractivity contribution is 1.22. The molecule has 0 saturated heterocycles. The topological polar surface area (TPSA) is 0 Å². The molecule has 0 aromatic heterocycles. The van der Waals surface area contributed by atoms with Gasteiger partial charge in [-0.2, -0.15) is 0 Å². The van der Waals surface area contributed by atoms with Crippen LogP contribution >= 0.6 is 0 Å². The van der Waals surface area contributed by atoms with Crippen molar-refractivity contribution >= 4 is 0 Å². The van der Waals surface area contributed by atoms with Crippen LogP contribution in [0.2, 0.25) is 0 Å². The van der Waals surface area contributed by atoms with Crippen LogP contribution in [0.4, 0.5) is 0 Å². The van der Waals surface area contributed by atoms with Crippen LogP contribution in [0, 0.1) is 6.92 Å². The highest BCUT2D eigenvalue weighted by atomic mass is 14.0. The number of aryl methyl sites for hydroxylation is 1. The smallest absolute Gasteiger partial charge is 0.00975 e. The van der Waals surface area contributed by atoms with Crippen molar-refractivity contribution < 1.29 is 0 Å². The molecular weight excluding hydrogens is 168 g/mol. The Hall–Kier alpha value is -1.04. The zero-order chi connectivity index (χ0) is 11.4. The Labute approximate surface area is 89.7 Å². The van der Waals surface area contributed by atoms with Crippen molar-refractivity contribution in [2.45, 2.75) is 41.0 Å². The third kappa shape index (κ3) is 6.47. The van der Waals surface area contributed by atoms with Gasteiger partial charge in [0.05, 0.1) is 0 Å². The lowest BCUT2D eigenvalue weighted by Crippen LogP contribution is -1.83. The maximum atomic E-state index is 3.70. The van der Waals surface area contributed by atoms with Crippen molar-refractivity contribution in [3.05, 3.63) is 48.0 Å². The molecule has 0 aliphatic rings. The van der Waals surface area contributed by atoms with Crippen molar-refractivity contribution in [1.29, 1.82) is 0 Å². The van der Waals surface area contributed by atoms with Gasteiger partial charge in [0.15, 0.2) is 0 Å². The highest BCUT2D eigenvalue weighted by Gasteiger charge is 1.90. The Morgan fingerprint density at radius 2 is 1.57 bits per heavy atom. The summed E-state index contributed by atoms with van der Waals surface area (Å²) in [6.07, 6.45) is 2.91. The highest BCUT2D eigenvalue weighted by molar-refractivity contribution is 5.26. The van der Waals surface area contributed by atoms with E-state index in [4.69, 9.17) is 0 Å². The first-order valence-corrected chi connectivity index (χ1v) is 5.50. The summed E-state index contributed by atoms with van der Waals surface area (Å²) in [7, 11) is 0. The lowest BCUT2D eigenvalue weighted by Gasteiger charge is -1.99. The van der Waals surface area contributed by atoms with Gasteiger partial charge in [0, 0.05) is 0 Å². The fourth-order valence-electron chi connectivity index (χ4n) is 0.995. The predicted octanol–water partition coefficient (Wildman–Crippen LogP) is 4.78. The van der Waals surface area contributed by atoms with Gasteiger partial charge in [-0.3, -0.25) is 0 Å². The first-order chi connectivity index (χ1) is 6.84. The van der Waals surface area contributed by atoms with Crippen molar-refractivity contribution in [3.63, 3.8) is 0 Å². The third-order valence-corrected chi connectivity index (χ3v) is 1.63. The first kappa shape index (κ1) is 15.4. The van der Waals surface area contributed by atoms with E-state index in [0.29, 0.717) is 0 Å². The van der Waals surface area contributed by atoms with E-state index in [1.54, 1.807) is 0 Å². The molecule has 1 aromatic carbocycles. The molecule has 1 aromatic rings. The SMILES string of the molecule is C=CCc1ccccc1C.CC.CC. The molecule has 0 aliphatic heterocycles. The molecule has 0 aliphatic carbocycles. The molecule has 0 heterocycles. The molecule has 0 saturated carbocycles. The zero-order valence-electron chi connectivity index (χ0n) is 10.3. The Kier molecular flexibility index (Phi) is 13.2. The van der Waals surface area contributed by atoms with Crippen molar-refractivity contribution in [1.82, 2.24) is 0 Å². The number of allylic oxidation sites excluding steroid dienone is 1. The van der Waals surface area contributed by atoms with Crippen LogP contribution in [0.1, 0.15) is 38.8 Å². The normalized spacial score (nSPS) is 7.50. The molecule has 80 valence electrons. The summed E-state index contributed by atoms with van der Waals surface area (Å²) in [6.45, 7) is 13.8. The van der Waals surface area contributed by atoms with Crippen LogP contribution in [0.3, 0.4) is 0 Å². The average Bonchev–Trinajstić information content (AvgIpc) is 2.28. The van der Waals surface area contributed by atoms with E-state index in [9.17, 15) is 0 Å². The van der Waals surface area contributed by atoms with Crippen LogP contribution in [-0.4, -0.2) is 0 Å². The summed E-state index contributed by atoms with van der Waals surface area (Å²) >= 11 is 0. The molecule has 0 nitrogen and oxygen atoms in total. The first-order valence-electron chi connectivity index (χ1n) is 5.50. The van der Waals surface area contributed by atoms with E-state index in [2.05, 4.69) is 37.8 Å². The van der Waals surface area contributed by atoms with Crippen LogP contribution in [0.5, 0.6) is 0 Å². The Bertz CT molecular complexity index is 223. The standard InChI is InChI=1S/C10H12.2C2H6/c1-3-6-10-8-5-4-7-9(10)2;2*1-2/h3-5,7-8H,1,6H2,2H3;2*1-2H3. The predicted molar refractivity (Wildman–Crippen MR) is 67.8 cm³/mol. The zero-order valence-corrected chi connectivity index (χ0v) is 10.3. The number of hydrogen-bond donors (Lipinski definition) is 0. The molecule has 0 unspecified atom stereocenters. The molecule has 0 amide bonds. The molecule has 14 heavy (non-hydrogen) atoms. The largest absolute Gasteiger partial charge is 0.103 e. The number of benzene rings is 1. The molecule has 0 atom stereocenters. The molecule has 0 spiro atoms. The molecule has 0 radical (unpaired) electrons. The van der Waals surface area contributed by atoms with E-state index >= 15 is 0 Å². The summed E-state index contributed by atoms with van der Waals surface area (Å²) in [6, 6.07) is 8.38. The van der Waals surface area contributed by atoms with Gasteiger partial charge in [-0.1, -0.05) is 58.0 Å². The van der Waals surface area contributed by atoms with Gasteiger partial charge in [0.2, 0.25) is 0 Å². The molecular formula is C14H24. The van der Waals surface area contributed by atoms with Gasteiger partial charge in [-0.15, -0.1) is 6.58 Å². The van der Waals surface area contributed by atoms with Gasteiger partial charge in [-0.05, 0) is 24.5 Å². The fourth-order valence-corrected chi connectivity index (χ4v) is 0.995. The van der Waals surface area contributed by atoms with Crippen LogP contribution < -0.4 is 0 Å². The van der Waals surface area contributed by atoms with E-state index in [-0.39, 0.29) is 0 Å². The van der Waals surface area contributed by atoms with Gasteiger partial charge >= 0.3 is 0 Å². The maximum Gasteiger partial charge on any atom is -0.00975 e. The molecule has 1 rings (SSSR count). The second-order valence-corrected chi connectivity index (χ2v) is 2.42. The van der Waals surface area contributed by atoms with Crippen molar-refractivity contribution in [2.24, 2.45) is 0 Å². The third-order valence-electron chi connectivity index (χ3n) is 1.63. The van der Waals surface area contributed by atoms with E-state index in [1.165, 1.54) is 11.1 Å². The molecule has 0 bridgehead atoms. The summed E-state index contributed by atoms with van der Waals surface area (Å²) in [5, 5.41) is 0. The van der Waals surface area contributed by atoms with Gasteiger partial charge < -0.3 is 0 Å². The van der Waals surface area contributed by atoms with Gasteiger partial charge in [-0.25, -0.2) is 0 Å². The Morgan fingerprint density at radius 1 is 1.07 bits per heavy atom. The van der Waals surface area contributed by atoms with Crippen LogP contribution in [0.15, 0.2) is 36.9 Å². The van der Waals surface area contributed by atoms with Crippen molar-refractivity contribution in [2.75, 3.05) is 0 Å². The van der Waals surface area contributed by atoms with E-state index < -0.39 is 0 Å². The lowest BCUT2D eigenvalue weighted by atomic mass is 10.1. The molecule has 0 heteroatoms. The Morgan fingerprint density at radius 3 is 2.00 bits per heavy atom. The quantitative estimate of drug-likeness (QED) is 0.592. The second-order valence-electron chi connectivity index (χ2n) is 2.42. The summed E-state index contributed by atoms with van der Waals surface area (Å²) < 4.78 is 0. The minimum atomic E-state index is 0.979. The summed E-state index contributed by atoms with van der Waals surface area (Å²) in [5.74, 6) is 0. The minimum Gasteiger partial charge on any atom is -0.103 e. The number of rotatable bonds is 2. The van der Waals surface area contributed by atoms with Crippen LogP contribution in [-0.2, 0) is 6.42 Å². The average molecular weight is 192 g/mol. The summed E-state index contributed by atoms with van der Waals surface area (Å²) in [5.41, 5.74) is 2.72. The molecule has 0 fully saturated rings. The fraction of sp³-hybridized carbons (Fsp3) is 0.429. The van der Waals surface area contributed by atoms with Gasteiger partial charge in [0.25, 0.3) is 0 Å². The Balaban J connectivity index is 0. The molecule has 0 N–H and O–H groups in total. The van der Waals surface area contributed by atoms with E-state index in [1.807, 2.05) is 33.8 Å². The second kappa shape index (κ2) is 12.0. The minimum absolute atomic E-state index is 0.979. The monoisotopic (exact) mass is 192 g/mol. The van der Waals surface area contributed by atoms with E-state index in [0.717, 1.165) is 6.42 Å². The highest BCUT2D eigenvalue weighted by Crippen LogP contribution is 2.07.